The topological polar surface area (TPSA) is 28.2 Å². The lowest BCUT2D eigenvalue weighted by Crippen LogP contribution is -2.17. The molecule has 0 amide bonds. The van der Waals surface area contributed by atoms with Crippen LogP contribution in [0, 0.1) is 11.6 Å². The van der Waals surface area contributed by atoms with Crippen molar-refractivity contribution in [3.8, 4) is 0 Å². The minimum atomic E-state index is -0.581. The fourth-order valence-corrected chi connectivity index (χ4v) is 3.04. The molecule has 3 nitrogen and oxygen atoms in total. The van der Waals surface area contributed by atoms with Crippen LogP contribution in [-0.4, -0.2) is 25.1 Å². The van der Waals surface area contributed by atoms with Crippen molar-refractivity contribution in [2.45, 2.75) is 31.7 Å². The van der Waals surface area contributed by atoms with Gasteiger partial charge in [0.25, 0.3) is 0 Å². The Balaban J connectivity index is 2.14. The van der Waals surface area contributed by atoms with Crippen LogP contribution in [0.3, 0.4) is 0 Å². The van der Waals surface area contributed by atoms with Crippen LogP contribution >= 0.6 is 0 Å². The molecular formula is C16H19F2N3. The number of hydrogen-bond donors (Lipinski definition) is 1. The van der Waals surface area contributed by atoms with Crippen LogP contribution in [-0.2, 0) is 0 Å². The predicted octanol–water partition coefficient (Wildman–Crippen LogP) is 3.93. The first-order valence-corrected chi connectivity index (χ1v) is 7.28. The molecule has 5 heteroatoms. The van der Waals surface area contributed by atoms with E-state index in [0.29, 0.717) is 28.3 Å². The molecule has 0 unspecified atom stereocenters. The van der Waals surface area contributed by atoms with Crippen LogP contribution in [0.25, 0.3) is 10.8 Å². The highest BCUT2D eigenvalue weighted by molar-refractivity contribution is 6.00. The van der Waals surface area contributed by atoms with Gasteiger partial charge in [-0.3, -0.25) is 0 Å². The Morgan fingerprint density at radius 2 is 1.90 bits per heavy atom. The van der Waals surface area contributed by atoms with E-state index >= 15 is 0 Å². The van der Waals surface area contributed by atoms with E-state index in [1.807, 2.05) is 14.1 Å². The lowest BCUT2D eigenvalue weighted by atomic mass is 10.1. The van der Waals surface area contributed by atoms with Gasteiger partial charge >= 0.3 is 0 Å². The van der Waals surface area contributed by atoms with E-state index < -0.39 is 11.6 Å². The summed E-state index contributed by atoms with van der Waals surface area (Å²) in [6.07, 6.45) is 6.20. The van der Waals surface area contributed by atoms with E-state index in [2.05, 4.69) is 10.3 Å². The van der Waals surface area contributed by atoms with Crippen molar-refractivity contribution in [1.29, 1.82) is 0 Å². The quantitative estimate of drug-likeness (QED) is 0.928. The van der Waals surface area contributed by atoms with E-state index in [-0.39, 0.29) is 0 Å². The molecule has 0 saturated heterocycles. The molecule has 0 spiro atoms. The molecule has 3 rings (SSSR count). The number of hydrogen-bond acceptors (Lipinski definition) is 3. The maximum atomic E-state index is 14.3. The smallest absolute Gasteiger partial charge is 0.136 e. The molecular weight excluding hydrogens is 272 g/mol. The summed E-state index contributed by atoms with van der Waals surface area (Å²) >= 11 is 0. The number of aromatic nitrogens is 1. The fraction of sp³-hybridized carbons (Fsp3) is 0.438. The Hall–Kier alpha value is -1.91. The molecule has 0 radical (unpaired) electrons. The van der Waals surface area contributed by atoms with E-state index in [4.69, 9.17) is 0 Å². The number of fused-ring (bicyclic) bond motifs is 1. The summed E-state index contributed by atoms with van der Waals surface area (Å²) in [6, 6.07) is 2.63. The molecule has 1 aromatic carbocycles. The first-order chi connectivity index (χ1) is 10.1. The monoisotopic (exact) mass is 291 g/mol. The van der Waals surface area contributed by atoms with Crippen LogP contribution < -0.4 is 10.2 Å². The second-order valence-electron chi connectivity index (χ2n) is 5.83. The number of pyridine rings is 1. The molecule has 2 aromatic rings. The molecule has 0 aliphatic heterocycles. The lowest BCUT2D eigenvalue weighted by Gasteiger charge is -2.19. The Morgan fingerprint density at radius 3 is 2.57 bits per heavy atom. The van der Waals surface area contributed by atoms with Crippen LogP contribution in [0.5, 0.6) is 0 Å². The second kappa shape index (κ2) is 5.47. The number of anilines is 2. The van der Waals surface area contributed by atoms with Gasteiger partial charge in [0.1, 0.15) is 17.5 Å². The standard InChI is InChI=1S/C16H19F2N3/c1-21(2)16-12-7-10(17)8-13(18)15(12)14(9-19-16)20-11-5-3-4-6-11/h7-9,11,20H,3-6H2,1-2H3. The average molecular weight is 291 g/mol. The van der Waals surface area contributed by atoms with E-state index in [1.54, 1.807) is 11.1 Å². The Labute approximate surface area is 123 Å². The number of benzene rings is 1. The van der Waals surface area contributed by atoms with Crippen LogP contribution in [0.1, 0.15) is 25.7 Å². The maximum absolute atomic E-state index is 14.3. The number of nitrogens with zero attached hydrogens (tertiary/aromatic N) is 2. The molecule has 0 bridgehead atoms. The SMILES string of the molecule is CN(C)c1ncc(NC2CCCC2)c2c(F)cc(F)cc12. The van der Waals surface area contributed by atoms with Gasteiger partial charge in [0.15, 0.2) is 0 Å². The molecule has 1 aromatic heterocycles. The summed E-state index contributed by atoms with van der Waals surface area (Å²) in [5.41, 5.74) is 0.653. The predicted molar refractivity (Wildman–Crippen MR) is 81.9 cm³/mol. The average Bonchev–Trinajstić information content (AvgIpc) is 2.90. The zero-order chi connectivity index (χ0) is 15.0. The molecule has 1 N–H and O–H groups in total. The summed E-state index contributed by atoms with van der Waals surface area (Å²) in [7, 11) is 3.63. The van der Waals surface area contributed by atoms with Gasteiger partial charge < -0.3 is 10.2 Å². The summed E-state index contributed by atoms with van der Waals surface area (Å²) in [5, 5.41) is 4.29. The van der Waals surface area contributed by atoms with E-state index in [0.717, 1.165) is 18.9 Å². The van der Waals surface area contributed by atoms with Crippen molar-refractivity contribution in [3.05, 3.63) is 30.0 Å². The summed E-state index contributed by atoms with van der Waals surface area (Å²) in [5.74, 6) is -0.556. The van der Waals surface area contributed by atoms with Gasteiger partial charge in [-0.05, 0) is 18.9 Å². The maximum Gasteiger partial charge on any atom is 0.136 e. The highest BCUT2D eigenvalue weighted by Crippen LogP contribution is 2.34. The Morgan fingerprint density at radius 1 is 1.19 bits per heavy atom. The van der Waals surface area contributed by atoms with Gasteiger partial charge in [-0.25, -0.2) is 13.8 Å². The van der Waals surface area contributed by atoms with Crippen molar-refractivity contribution in [2.75, 3.05) is 24.3 Å². The van der Waals surface area contributed by atoms with Gasteiger partial charge in [0.2, 0.25) is 0 Å². The normalized spacial score (nSPS) is 15.6. The number of rotatable bonds is 3. The highest BCUT2D eigenvalue weighted by atomic mass is 19.1. The van der Waals surface area contributed by atoms with Crippen LogP contribution in [0.15, 0.2) is 18.3 Å². The first kappa shape index (κ1) is 14.0. The third kappa shape index (κ3) is 2.64. The van der Waals surface area contributed by atoms with Crippen LogP contribution in [0.4, 0.5) is 20.3 Å². The van der Waals surface area contributed by atoms with Gasteiger partial charge in [-0.1, -0.05) is 12.8 Å². The fourth-order valence-electron chi connectivity index (χ4n) is 3.04. The third-order valence-electron chi connectivity index (χ3n) is 4.02. The van der Waals surface area contributed by atoms with Gasteiger partial charge in [-0.15, -0.1) is 0 Å². The molecule has 1 aliphatic rings. The summed E-state index contributed by atoms with van der Waals surface area (Å²) in [6.45, 7) is 0. The number of nitrogens with one attached hydrogen (secondary N) is 1. The summed E-state index contributed by atoms with van der Waals surface area (Å²) < 4.78 is 27.9. The molecule has 0 atom stereocenters. The van der Waals surface area contributed by atoms with Crippen molar-refractivity contribution in [3.63, 3.8) is 0 Å². The van der Waals surface area contributed by atoms with E-state index in [1.165, 1.54) is 18.9 Å². The Bertz CT molecular complexity index is 664. The zero-order valence-corrected chi connectivity index (χ0v) is 12.3. The molecule has 1 fully saturated rings. The zero-order valence-electron chi connectivity index (χ0n) is 12.3. The Kier molecular flexibility index (Phi) is 3.66. The van der Waals surface area contributed by atoms with Crippen molar-refractivity contribution >= 4 is 22.3 Å². The minimum Gasteiger partial charge on any atom is -0.380 e. The largest absolute Gasteiger partial charge is 0.380 e. The van der Waals surface area contributed by atoms with E-state index in [9.17, 15) is 8.78 Å². The highest BCUT2D eigenvalue weighted by Gasteiger charge is 2.19. The van der Waals surface area contributed by atoms with Gasteiger partial charge in [0, 0.05) is 37.0 Å². The summed E-state index contributed by atoms with van der Waals surface area (Å²) in [4.78, 5) is 6.13. The first-order valence-electron chi connectivity index (χ1n) is 7.28. The van der Waals surface area contributed by atoms with Crippen molar-refractivity contribution in [2.24, 2.45) is 0 Å². The van der Waals surface area contributed by atoms with Crippen LogP contribution in [0.2, 0.25) is 0 Å². The van der Waals surface area contributed by atoms with Gasteiger partial charge in [0.05, 0.1) is 11.9 Å². The molecule has 21 heavy (non-hydrogen) atoms. The lowest BCUT2D eigenvalue weighted by molar-refractivity contribution is 0.592. The molecule has 112 valence electrons. The number of halogens is 2. The molecule has 1 heterocycles. The van der Waals surface area contributed by atoms with Crippen molar-refractivity contribution in [1.82, 2.24) is 4.98 Å². The molecule has 1 saturated carbocycles. The molecule has 1 aliphatic carbocycles. The van der Waals surface area contributed by atoms with Crippen molar-refractivity contribution < 1.29 is 8.78 Å². The van der Waals surface area contributed by atoms with Gasteiger partial charge in [-0.2, -0.15) is 0 Å². The third-order valence-corrected chi connectivity index (χ3v) is 4.02. The second-order valence-corrected chi connectivity index (χ2v) is 5.83. The minimum absolute atomic E-state index is 0.352.